The minimum Gasteiger partial charge on any atom is -0.497 e. The van der Waals surface area contributed by atoms with Crippen molar-refractivity contribution in [1.82, 2.24) is 0 Å². The number of ether oxygens (including phenoxy) is 1. The number of nitrogens with zero attached hydrogens (tertiary/aromatic N) is 4. The van der Waals surface area contributed by atoms with E-state index in [4.69, 9.17) is 16.2 Å². The molecule has 1 aromatic rings. The first-order valence-corrected chi connectivity index (χ1v) is 7.79. The van der Waals surface area contributed by atoms with Gasteiger partial charge in [-0.15, -0.1) is 0 Å². The lowest BCUT2D eigenvalue weighted by Gasteiger charge is -2.45. The lowest BCUT2D eigenvalue weighted by Crippen LogP contribution is -2.58. The van der Waals surface area contributed by atoms with Crippen LogP contribution in [0, 0.1) is 10.1 Å². The van der Waals surface area contributed by atoms with E-state index in [0.29, 0.717) is 24.3 Å². The molecule has 0 radical (unpaired) electrons. The summed E-state index contributed by atoms with van der Waals surface area (Å²) in [7, 11) is 1.51. The van der Waals surface area contributed by atoms with Crippen molar-refractivity contribution in [2.45, 2.75) is 37.8 Å². The topological polar surface area (TPSA) is 132 Å². The summed E-state index contributed by atoms with van der Waals surface area (Å²) in [5.41, 5.74) is 11.5. The van der Waals surface area contributed by atoms with Gasteiger partial charge in [-0.1, -0.05) is 6.42 Å². The van der Waals surface area contributed by atoms with Crippen molar-refractivity contribution < 1.29 is 9.66 Å². The van der Waals surface area contributed by atoms with Gasteiger partial charge in [-0.25, -0.2) is 4.99 Å². The number of anilines is 1. The van der Waals surface area contributed by atoms with Crippen LogP contribution in [0.15, 0.2) is 28.2 Å². The maximum atomic E-state index is 11.5. The standard InChI is InChI=1S/C15H20N6O3/c1-24-10-5-6-11(21(22)23)12(9-10)20-14(17)18-13(16)19-15(20)7-3-2-4-8-15/h5-6,9H,2-4,7-8H2,1H3,(H4,16,17,18,19). The van der Waals surface area contributed by atoms with Gasteiger partial charge in [0.1, 0.15) is 17.1 Å². The smallest absolute Gasteiger partial charge is 0.293 e. The summed E-state index contributed by atoms with van der Waals surface area (Å²) in [5, 5.41) is 11.5. The molecule has 0 unspecified atom stereocenters. The molecule has 0 aromatic heterocycles. The van der Waals surface area contributed by atoms with E-state index < -0.39 is 10.6 Å². The van der Waals surface area contributed by atoms with E-state index in [1.165, 1.54) is 13.2 Å². The second kappa shape index (κ2) is 5.99. The average molecular weight is 332 g/mol. The number of aliphatic imine (C=N–C) groups is 2. The van der Waals surface area contributed by atoms with Crippen LogP contribution in [-0.4, -0.2) is 29.6 Å². The first-order chi connectivity index (χ1) is 11.5. The molecule has 24 heavy (non-hydrogen) atoms. The van der Waals surface area contributed by atoms with E-state index in [1.807, 2.05) is 0 Å². The predicted octanol–water partition coefficient (Wildman–Crippen LogP) is 1.71. The number of benzene rings is 1. The maximum Gasteiger partial charge on any atom is 0.293 e. The van der Waals surface area contributed by atoms with Gasteiger partial charge >= 0.3 is 0 Å². The SMILES string of the molecule is COc1ccc([N+](=O)[O-])c(N2C(N)=NC(N)=NC23CCCCC3)c1. The summed E-state index contributed by atoms with van der Waals surface area (Å²) in [6.45, 7) is 0. The molecule has 1 aromatic carbocycles. The molecule has 9 nitrogen and oxygen atoms in total. The third-order valence-corrected chi connectivity index (χ3v) is 4.47. The van der Waals surface area contributed by atoms with Crippen LogP contribution in [0.4, 0.5) is 11.4 Å². The number of guanidine groups is 2. The highest BCUT2D eigenvalue weighted by Gasteiger charge is 2.44. The molecule has 4 N–H and O–H groups in total. The van der Waals surface area contributed by atoms with Crippen molar-refractivity contribution >= 4 is 23.3 Å². The van der Waals surface area contributed by atoms with Crippen LogP contribution in [0.5, 0.6) is 5.75 Å². The molecule has 0 atom stereocenters. The summed E-state index contributed by atoms with van der Waals surface area (Å²) in [4.78, 5) is 21.3. The zero-order chi connectivity index (χ0) is 17.3. The number of nitro benzene ring substituents is 1. The first-order valence-electron chi connectivity index (χ1n) is 7.79. The van der Waals surface area contributed by atoms with E-state index in [1.54, 1.807) is 17.0 Å². The van der Waals surface area contributed by atoms with Crippen molar-refractivity contribution in [3.63, 3.8) is 0 Å². The first kappa shape index (κ1) is 16.0. The zero-order valence-electron chi connectivity index (χ0n) is 13.4. The highest BCUT2D eigenvalue weighted by Crippen LogP contribution is 2.43. The summed E-state index contributed by atoms with van der Waals surface area (Å²) < 4.78 is 5.22. The van der Waals surface area contributed by atoms with Gasteiger partial charge < -0.3 is 16.2 Å². The van der Waals surface area contributed by atoms with Crippen molar-refractivity contribution in [1.29, 1.82) is 0 Å². The minimum atomic E-state index is -0.731. The van der Waals surface area contributed by atoms with E-state index in [2.05, 4.69) is 9.98 Å². The number of nitrogens with two attached hydrogens (primary N) is 2. The summed E-state index contributed by atoms with van der Waals surface area (Å²) in [6, 6.07) is 4.54. The van der Waals surface area contributed by atoms with Crippen molar-refractivity contribution in [3.8, 4) is 5.75 Å². The Morgan fingerprint density at radius 1 is 1.29 bits per heavy atom. The zero-order valence-corrected chi connectivity index (χ0v) is 13.4. The molecule has 3 rings (SSSR count). The molecule has 0 amide bonds. The molecule has 1 spiro atoms. The molecule has 1 saturated carbocycles. The third kappa shape index (κ3) is 2.61. The molecule has 0 saturated heterocycles. The Morgan fingerprint density at radius 3 is 2.62 bits per heavy atom. The number of hydrogen-bond donors (Lipinski definition) is 2. The van der Waals surface area contributed by atoms with Gasteiger partial charge in [-0.2, -0.15) is 4.99 Å². The Balaban J connectivity index is 2.18. The van der Waals surface area contributed by atoms with Gasteiger partial charge in [-0.3, -0.25) is 15.0 Å². The molecule has 1 aliphatic carbocycles. The van der Waals surface area contributed by atoms with E-state index in [-0.39, 0.29) is 17.6 Å². The van der Waals surface area contributed by atoms with Gasteiger partial charge in [0, 0.05) is 12.1 Å². The van der Waals surface area contributed by atoms with Crippen LogP contribution >= 0.6 is 0 Å². The molecule has 1 aliphatic heterocycles. The molecular weight excluding hydrogens is 312 g/mol. The Kier molecular flexibility index (Phi) is 4.00. The lowest BCUT2D eigenvalue weighted by atomic mass is 9.87. The molecule has 2 aliphatic rings. The van der Waals surface area contributed by atoms with Crippen LogP contribution in [-0.2, 0) is 0 Å². The Hall–Kier alpha value is -2.84. The summed E-state index contributed by atoms with van der Waals surface area (Å²) in [6.07, 6.45) is 4.38. The van der Waals surface area contributed by atoms with E-state index >= 15 is 0 Å². The number of methoxy groups -OCH3 is 1. The maximum absolute atomic E-state index is 11.5. The van der Waals surface area contributed by atoms with Crippen LogP contribution in [0.2, 0.25) is 0 Å². The molecular formula is C15H20N6O3. The van der Waals surface area contributed by atoms with Gasteiger partial charge in [0.25, 0.3) is 5.69 Å². The Bertz CT molecular complexity index is 724. The van der Waals surface area contributed by atoms with E-state index in [0.717, 1.165) is 19.3 Å². The third-order valence-electron chi connectivity index (χ3n) is 4.47. The predicted molar refractivity (Wildman–Crippen MR) is 91.2 cm³/mol. The normalized spacial score (nSPS) is 19.6. The van der Waals surface area contributed by atoms with Crippen molar-refractivity contribution in [2.24, 2.45) is 21.5 Å². The Morgan fingerprint density at radius 2 is 2.00 bits per heavy atom. The lowest BCUT2D eigenvalue weighted by molar-refractivity contribution is -0.384. The minimum absolute atomic E-state index is 0.0745. The van der Waals surface area contributed by atoms with Crippen LogP contribution in [0.25, 0.3) is 0 Å². The summed E-state index contributed by atoms with van der Waals surface area (Å²) >= 11 is 0. The van der Waals surface area contributed by atoms with Crippen LogP contribution in [0.3, 0.4) is 0 Å². The second-order valence-corrected chi connectivity index (χ2v) is 5.93. The monoisotopic (exact) mass is 332 g/mol. The average Bonchev–Trinajstić information content (AvgIpc) is 2.54. The highest BCUT2D eigenvalue weighted by atomic mass is 16.6. The van der Waals surface area contributed by atoms with Crippen LogP contribution in [0.1, 0.15) is 32.1 Å². The fourth-order valence-corrected chi connectivity index (χ4v) is 3.43. The quantitative estimate of drug-likeness (QED) is 0.639. The Labute approximate surface area is 139 Å². The highest BCUT2D eigenvalue weighted by molar-refractivity contribution is 6.06. The van der Waals surface area contributed by atoms with Gasteiger partial charge in [-0.05, 0) is 31.7 Å². The van der Waals surface area contributed by atoms with Gasteiger partial charge in [0.05, 0.1) is 12.0 Å². The number of rotatable bonds is 3. The summed E-state index contributed by atoms with van der Waals surface area (Å²) in [5.74, 6) is 0.717. The van der Waals surface area contributed by atoms with Crippen LogP contribution < -0.4 is 21.1 Å². The molecule has 128 valence electrons. The molecule has 0 bridgehead atoms. The number of nitro groups is 1. The van der Waals surface area contributed by atoms with Gasteiger partial charge in [0.2, 0.25) is 11.9 Å². The number of hydrogen-bond acceptors (Lipinski definition) is 8. The fraction of sp³-hybridized carbons (Fsp3) is 0.467. The van der Waals surface area contributed by atoms with Crippen molar-refractivity contribution in [2.75, 3.05) is 12.0 Å². The molecule has 1 fully saturated rings. The largest absolute Gasteiger partial charge is 0.497 e. The fourth-order valence-electron chi connectivity index (χ4n) is 3.43. The van der Waals surface area contributed by atoms with E-state index in [9.17, 15) is 10.1 Å². The molecule has 1 heterocycles. The second-order valence-electron chi connectivity index (χ2n) is 5.93. The molecule has 9 heteroatoms. The van der Waals surface area contributed by atoms with Gasteiger partial charge in [0.15, 0.2) is 0 Å². The van der Waals surface area contributed by atoms with Crippen molar-refractivity contribution in [3.05, 3.63) is 28.3 Å².